The molecular weight excluding hydrogens is 314 g/mol. The maximum absolute atomic E-state index is 14.0. The van der Waals surface area contributed by atoms with Crippen LogP contribution in [0.4, 0.5) is 8.78 Å². The molecule has 0 aromatic heterocycles. The molecule has 22 heavy (non-hydrogen) atoms. The summed E-state index contributed by atoms with van der Waals surface area (Å²) in [5.41, 5.74) is 4.22. The average molecular weight is 332 g/mol. The number of hydrogen-bond donors (Lipinski definition) is 2. The molecule has 1 aliphatic heterocycles. The van der Waals surface area contributed by atoms with E-state index in [2.05, 4.69) is 5.32 Å². The second-order valence-corrected chi connectivity index (χ2v) is 7.91. The molecule has 0 spiro atoms. The van der Waals surface area contributed by atoms with Crippen molar-refractivity contribution in [1.29, 1.82) is 0 Å². The van der Waals surface area contributed by atoms with Crippen LogP contribution in [-0.2, 0) is 21.2 Å². The van der Waals surface area contributed by atoms with Gasteiger partial charge in [0.05, 0.1) is 17.0 Å². The van der Waals surface area contributed by atoms with Crippen LogP contribution in [0.5, 0.6) is 0 Å². The summed E-state index contributed by atoms with van der Waals surface area (Å²) in [6.45, 7) is 1.28. The lowest BCUT2D eigenvalue weighted by Gasteiger charge is -2.35. The van der Waals surface area contributed by atoms with Crippen LogP contribution in [0.25, 0.3) is 0 Å². The first-order chi connectivity index (χ1) is 10.2. The third-order valence-corrected chi connectivity index (χ3v) is 5.79. The third kappa shape index (κ3) is 3.27. The molecule has 122 valence electrons. The van der Waals surface area contributed by atoms with Crippen LogP contribution in [0.3, 0.4) is 0 Å². The molecule has 1 saturated heterocycles. The Morgan fingerprint density at radius 1 is 1.32 bits per heavy atom. The second kappa shape index (κ2) is 5.92. The van der Waals surface area contributed by atoms with Gasteiger partial charge in [-0.3, -0.25) is 10.1 Å². The Morgan fingerprint density at radius 3 is 2.45 bits per heavy atom. The van der Waals surface area contributed by atoms with Gasteiger partial charge >= 0.3 is 0 Å². The van der Waals surface area contributed by atoms with Crippen molar-refractivity contribution < 1.29 is 22.0 Å². The molecule has 1 aromatic carbocycles. The highest BCUT2D eigenvalue weighted by molar-refractivity contribution is 7.91. The Bertz CT molecular complexity index is 690. The normalized spacial score (nSPS) is 19.8. The molecule has 0 unspecified atom stereocenters. The van der Waals surface area contributed by atoms with Crippen LogP contribution >= 0.6 is 0 Å². The summed E-state index contributed by atoms with van der Waals surface area (Å²) in [5, 5.41) is 2.78. The number of sulfone groups is 1. The number of nitrogens with two attached hydrogens (primary N) is 1. The molecule has 2 rings (SSSR count). The van der Waals surface area contributed by atoms with Crippen LogP contribution in [0.1, 0.15) is 24.0 Å². The molecule has 0 bridgehead atoms. The highest BCUT2D eigenvalue weighted by Crippen LogP contribution is 2.25. The molecular formula is C14H18F2N2O3S. The van der Waals surface area contributed by atoms with Gasteiger partial charge < -0.3 is 5.73 Å². The molecule has 1 heterocycles. The predicted octanol–water partition coefficient (Wildman–Crippen LogP) is 0.796. The van der Waals surface area contributed by atoms with Gasteiger partial charge in [0.2, 0.25) is 5.91 Å². The van der Waals surface area contributed by atoms with E-state index in [1.54, 1.807) is 0 Å². The molecule has 0 atom stereocenters. The maximum atomic E-state index is 14.0. The molecule has 5 nitrogen and oxygen atoms in total. The molecule has 0 radical (unpaired) electrons. The lowest BCUT2D eigenvalue weighted by atomic mass is 9.91. The molecule has 3 N–H and O–H groups in total. The summed E-state index contributed by atoms with van der Waals surface area (Å²) in [7, 11) is -3.19. The minimum absolute atomic E-state index is 0.000277. The minimum Gasteiger partial charge on any atom is -0.368 e. The van der Waals surface area contributed by atoms with Gasteiger partial charge in [-0.05, 0) is 31.4 Å². The molecule has 0 aliphatic carbocycles. The summed E-state index contributed by atoms with van der Waals surface area (Å²) >= 11 is 0. The van der Waals surface area contributed by atoms with Crippen molar-refractivity contribution in [2.45, 2.75) is 31.8 Å². The number of rotatable bonds is 4. The van der Waals surface area contributed by atoms with Crippen molar-refractivity contribution >= 4 is 15.7 Å². The van der Waals surface area contributed by atoms with Crippen LogP contribution < -0.4 is 11.1 Å². The van der Waals surface area contributed by atoms with E-state index in [0.29, 0.717) is 0 Å². The summed E-state index contributed by atoms with van der Waals surface area (Å²) in [6, 6.07) is 2.48. The second-order valence-electron chi connectivity index (χ2n) is 5.61. The van der Waals surface area contributed by atoms with E-state index in [1.165, 1.54) is 13.0 Å². The third-order valence-electron chi connectivity index (χ3n) is 4.13. The molecule has 1 fully saturated rings. The summed E-state index contributed by atoms with van der Waals surface area (Å²) in [4.78, 5) is 11.7. The van der Waals surface area contributed by atoms with E-state index in [0.717, 1.165) is 6.07 Å². The first-order valence-electron chi connectivity index (χ1n) is 6.86. The van der Waals surface area contributed by atoms with Crippen LogP contribution in [0.15, 0.2) is 12.1 Å². The number of carbonyl (C=O) groups is 1. The molecule has 1 amide bonds. The lowest BCUT2D eigenvalue weighted by Crippen LogP contribution is -2.59. The molecule has 8 heteroatoms. The van der Waals surface area contributed by atoms with Gasteiger partial charge in [0, 0.05) is 12.1 Å². The molecule has 0 saturated carbocycles. The number of amides is 1. The van der Waals surface area contributed by atoms with Gasteiger partial charge in [-0.25, -0.2) is 17.2 Å². The highest BCUT2D eigenvalue weighted by Gasteiger charge is 2.42. The SMILES string of the molecule is Cc1ccc(F)c(CNC2(C(N)=O)CCS(=O)(=O)CC2)c1F. The van der Waals surface area contributed by atoms with Crippen molar-refractivity contribution in [1.82, 2.24) is 5.32 Å². The number of benzene rings is 1. The maximum Gasteiger partial charge on any atom is 0.237 e. The van der Waals surface area contributed by atoms with Crippen molar-refractivity contribution in [3.05, 3.63) is 34.9 Å². The molecule has 1 aliphatic rings. The van der Waals surface area contributed by atoms with Gasteiger partial charge in [0.25, 0.3) is 0 Å². The number of hydrogen-bond acceptors (Lipinski definition) is 4. The Kier molecular flexibility index (Phi) is 4.53. The standard InChI is InChI=1S/C14H18F2N2O3S/c1-9-2-3-11(15)10(12(9)16)8-18-14(13(17)19)4-6-22(20,21)7-5-14/h2-3,18H,4-8H2,1H3,(H2,17,19). The Labute approximate surface area is 127 Å². The number of aryl methyl sites for hydroxylation is 1. The zero-order valence-electron chi connectivity index (χ0n) is 12.2. The fourth-order valence-corrected chi connectivity index (χ4v) is 4.05. The average Bonchev–Trinajstić information content (AvgIpc) is 2.44. The van der Waals surface area contributed by atoms with Crippen LogP contribution in [-0.4, -0.2) is 31.4 Å². The van der Waals surface area contributed by atoms with Gasteiger partial charge in [-0.2, -0.15) is 0 Å². The van der Waals surface area contributed by atoms with E-state index in [1.807, 2.05) is 0 Å². The lowest BCUT2D eigenvalue weighted by molar-refractivity contribution is -0.124. The number of primary amides is 1. The smallest absolute Gasteiger partial charge is 0.237 e. The molecule has 1 aromatic rings. The predicted molar refractivity (Wildman–Crippen MR) is 77.7 cm³/mol. The van der Waals surface area contributed by atoms with E-state index in [-0.39, 0.29) is 42.0 Å². The van der Waals surface area contributed by atoms with Gasteiger partial charge in [0.15, 0.2) is 0 Å². The van der Waals surface area contributed by atoms with E-state index < -0.39 is 32.9 Å². The Hall–Kier alpha value is -1.54. The van der Waals surface area contributed by atoms with Crippen molar-refractivity contribution in [2.24, 2.45) is 5.73 Å². The monoisotopic (exact) mass is 332 g/mol. The largest absolute Gasteiger partial charge is 0.368 e. The number of carbonyl (C=O) groups excluding carboxylic acids is 1. The quantitative estimate of drug-likeness (QED) is 0.853. The summed E-state index contributed by atoms with van der Waals surface area (Å²) in [6.07, 6.45) is -0.000555. The van der Waals surface area contributed by atoms with Crippen molar-refractivity contribution in [3.63, 3.8) is 0 Å². The Morgan fingerprint density at radius 2 is 1.91 bits per heavy atom. The summed E-state index contributed by atoms with van der Waals surface area (Å²) in [5.74, 6) is -2.48. The minimum atomic E-state index is -3.19. The van der Waals surface area contributed by atoms with Crippen LogP contribution in [0.2, 0.25) is 0 Å². The zero-order valence-corrected chi connectivity index (χ0v) is 13.0. The van der Waals surface area contributed by atoms with Crippen molar-refractivity contribution in [2.75, 3.05) is 11.5 Å². The van der Waals surface area contributed by atoms with E-state index in [4.69, 9.17) is 5.73 Å². The summed E-state index contributed by atoms with van der Waals surface area (Å²) < 4.78 is 50.7. The van der Waals surface area contributed by atoms with Gasteiger partial charge in [-0.1, -0.05) is 6.07 Å². The zero-order chi connectivity index (χ0) is 16.5. The van der Waals surface area contributed by atoms with E-state index >= 15 is 0 Å². The van der Waals surface area contributed by atoms with Gasteiger partial charge in [0.1, 0.15) is 21.5 Å². The fraction of sp³-hybridized carbons (Fsp3) is 0.500. The first kappa shape index (κ1) is 16.8. The first-order valence-corrected chi connectivity index (χ1v) is 8.68. The topological polar surface area (TPSA) is 89.3 Å². The number of nitrogens with one attached hydrogen (secondary N) is 1. The fourth-order valence-electron chi connectivity index (χ4n) is 2.53. The number of halogens is 2. The van der Waals surface area contributed by atoms with Gasteiger partial charge in [-0.15, -0.1) is 0 Å². The van der Waals surface area contributed by atoms with Crippen LogP contribution in [0, 0.1) is 18.6 Å². The Balaban J connectivity index is 2.21. The van der Waals surface area contributed by atoms with Crippen molar-refractivity contribution in [3.8, 4) is 0 Å². The van der Waals surface area contributed by atoms with E-state index in [9.17, 15) is 22.0 Å². The highest BCUT2D eigenvalue weighted by atomic mass is 32.2.